The minimum Gasteiger partial charge on any atom is -0.480 e. The van der Waals surface area contributed by atoms with Crippen LogP contribution >= 0.6 is 15.9 Å². The summed E-state index contributed by atoms with van der Waals surface area (Å²) < 4.78 is 18.0. The number of pyridine rings is 1. The first-order valence-electron chi connectivity index (χ1n) is 3.44. The number of methoxy groups -OCH3 is 1. The number of alkyl halides is 1. The van der Waals surface area contributed by atoms with Crippen molar-refractivity contribution < 1.29 is 9.13 Å². The summed E-state index contributed by atoms with van der Waals surface area (Å²) in [4.78, 5) is 3.92. The maximum atomic E-state index is 12.3. The molecule has 0 aliphatic rings. The Bertz CT molecular complexity index is 262. The predicted molar refractivity (Wildman–Crippen MR) is 48.0 cm³/mol. The van der Waals surface area contributed by atoms with Gasteiger partial charge in [0, 0.05) is 11.8 Å². The molecule has 0 aliphatic carbocycles. The first-order valence-corrected chi connectivity index (χ1v) is 4.24. The van der Waals surface area contributed by atoms with Gasteiger partial charge in [-0.3, -0.25) is 0 Å². The van der Waals surface area contributed by atoms with Crippen LogP contribution in [0.25, 0.3) is 0 Å². The Labute approximate surface area is 78.9 Å². The van der Waals surface area contributed by atoms with Gasteiger partial charge in [-0.05, 0) is 28.4 Å². The zero-order valence-corrected chi connectivity index (χ0v) is 8.48. The van der Waals surface area contributed by atoms with Gasteiger partial charge in [-0.25, -0.2) is 9.37 Å². The van der Waals surface area contributed by atoms with E-state index in [4.69, 9.17) is 4.74 Å². The van der Waals surface area contributed by atoms with Crippen LogP contribution in [0, 0.1) is 6.92 Å². The molecule has 2 nitrogen and oxygen atoms in total. The lowest BCUT2D eigenvalue weighted by molar-refractivity contribution is 0.393. The Balaban J connectivity index is 3.20. The average Bonchev–Trinajstić information content (AvgIpc) is 2.10. The molecule has 0 bridgehead atoms. The summed E-state index contributed by atoms with van der Waals surface area (Å²) in [5.41, 5.74) is 1.42. The van der Waals surface area contributed by atoms with Crippen LogP contribution in [-0.4, -0.2) is 12.1 Å². The van der Waals surface area contributed by atoms with Gasteiger partial charge in [0.15, 0.2) is 0 Å². The highest BCUT2D eigenvalue weighted by Crippen LogP contribution is 2.28. The van der Waals surface area contributed by atoms with Crippen LogP contribution in [0.4, 0.5) is 4.39 Å². The molecule has 1 aromatic rings. The quantitative estimate of drug-likeness (QED) is 0.784. The number of aromatic nitrogens is 1. The van der Waals surface area contributed by atoms with Crippen LogP contribution in [0.1, 0.15) is 11.1 Å². The summed E-state index contributed by atoms with van der Waals surface area (Å²) in [6.45, 7) is 1.32. The second kappa shape index (κ2) is 3.85. The minimum atomic E-state index is -0.499. The van der Waals surface area contributed by atoms with Gasteiger partial charge in [0.05, 0.1) is 11.6 Å². The molecule has 1 rings (SSSR count). The van der Waals surface area contributed by atoms with Gasteiger partial charge in [-0.2, -0.15) is 0 Å². The largest absolute Gasteiger partial charge is 0.480 e. The zero-order chi connectivity index (χ0) is 9.14. The fourth-order valence-corrected chi connectivity index (χ4v) is 1.39. The van der Waals surface area contributed by atoms with Crippen molar-refractivity contribution in [2.24, 2.45) is 0 Å². The highest BCUT2D eigenvalue weighted by Gasteiger charge is 2.08. The van der Waals surface area contributed by atoms with Gasteiger partial charge >= 0.3 is 0 Å². The number of halogens is 2. The molecular weight excluding hydrogens is 225 g/mol. The summed E-state index contributed by atoms with van der Waals surface area (Å²) in [7, 11) is 1.53. The molecule has 4 heteroatoms. The van der Waals surface area contributed by atoms with E-state index in [9.17, 15) is 4.39 Å². The molecule has 0 saturated heterocycles. The van der Waals surface area contributed by atoms with E-state index in [1.807, 2.05) is 6.92 Å². The van der Waals surface area contributed by atoms with Crippen LogP contribution in [0.2, 0.25) is 0 Å². The smallest absolute Gasteiger partial charge is 0.227 e. The molecule has 0 unspecified atom stereocenters. The average molecular weight is 234 g/mol. The monoisotopic (exact) mass is 233 g/mol. The Hall–Kier alpha value is -0.640. The number of hydrogen-bond donors (Lipinski definition) is 0. The standard InChI is InChI=1S/C8H9BrFNO/c1-5-6(3-10)4-11-8(12-2)7(5)9/h4H,3H2,1-2H3. The van der Waals surface area contributed by atoms with Gasteiger partial charge in [0.2, 0.25) is 5.88 Å². The molecular formula is C8H9BrFNO. The van der Waals surface area contributed by atoms with Crippen LogP contribution < -0.4 is 4.74 Å². The van der Waals surface area contributed by atoms with Crippen molar-refractivity contribution in [1.82, 2.24) is 4.98 Å². The summed E-state index contributed by atoms with van der Waals surface area (Å²) >= 11 is 3.28. The SMILES string of the molecule is COc1ncc(CF)c(C)c1Br. The maximum absolute atomic E-state index is 12.3. The molecule has 1 heterocycles. The van der Waals surface area contributed by atoms with Gasteiger partial charge in [0.1, 0.15) is 6.67 Å². The van der Waals surface area contributed by atoms with E-state index in [1.165, 1.54) is 13.3 Å². The second-order valence-corrected chi connectivity index (χ2v) is 3.16. The van der Waals surface area contributed by atoms with Crippen molar-refractivity contribution in [3.05, 3.63) is 21.8 Å². The lowest BCUT2D eigenvalue weighted by Gasteiger charge is -2.06. The molecule has 0 amide bonds. The third kappa shape index (κ3) is 1.58. The molecule has 0 radical (unpaired) electrons. The number of ether oxygens (including phenoxy) is 1. The van der Waals surface area contributed by atoms with Gasteiger partial charge in [-0.15, -0.1) is 0 Å². The van der Waals surface area contributed by atoms with E-state index in [0.717, 1.165) is 10.0 Å². The zero-order valence-electron chi connectivity index (χ0n) is 6.90. The topological polar surface area (TPSA) is 22.1 Å². The van der Waals surface area contributed by atoms with E-state index in [-0.39, 0.29) is 0 Å². The summed E-state index contributed by atoms with van der Waals surface area (Å²) in [6, 6.07) is 0. The third-order valence-electron chi connectivity index (χ3n) is 1.67. The summed E-state index contributed by atoms with van der Waals surface area (Å²) in [5, 5.41) is 0. The second-order valence-electron chi connectivity index (χ2n) is 2.37. The van der Waals surface area contributed by atoms with Crippen molar-refractivity contribution in [3.8, 4) is 5.88 Å². The number of nitrogens with zero attached hydrogens (tertiary/aromatic N) is 1. The van der Waals surface area contributed by atoms with Gasteiger partial charge in [0.25, 0.3) is 0 Å². The molecule has 0 aliphatic heterocycles. The van der Waals surface area contributed by atoms with E-state index < -0.39 is 6.67 Å². The normalized spacial score (nSPS) is 10.0. The molecule has 0 fully saturated rings. The number of rotatable bonds is 2. The lowest BCUT2D eigenvalue weighted by atomic mass is 10.2. The van der Waals surface area contributed by atoms with Crippen molar-refractivity contribution in [2.45, 2.75) is 13.6 Å². The lowest BCUT2D eigenvalue weighted by Crippen LogP contribution is -1.94. The van der Waals surface area contributed by atoms with Crippen LogP contribution in [-0.2, 0) is 6.67 Å². The van der Waals surface area contributed by atoms with Crippen molar-refractivity contribution in [3.63, 3.8) is 0 Å². The molecule has 0 N–H and O–H groups in total. The van der Waals surface area contributed by atoms with Crippen molar-refractivity contribution >= 4 is 15.9 Å². The fraction of sp³-hybridized carbons (Fsp3) is 0.375. The molecule has 0 saturated carbocycles. The Morgan fingerprint density at radius 3 is 2.83 bits per heavy atom. The first kappa shape index (κ1) is 9.45. The molecule has 12 heavy (non-hydrogen) atoms. The molecule has 1 aromatic heterocycles. The van der Waals surface area contributed by atoms with E-state index >= 15 is 0 Å². The van der Waals surface area contributed by atoms with Gasteiger partial charge < -0.3 is 4.74 Å². The summed E-state index contributed by atoms with van der Waals surface area (Å²) in [6.07, 6.45) is 1.49. The highest BCUT2D eigenvalue weighted by atomic mass is 79.9. The van der Waals surface area contributed by atoms with Crippen LogP contribution in [0.15, 0.2) is 10.7 Å². The minimum absolute atomic E-state index is 0.490. The van der Waals surface area contributed by atoms with Gasteiger partial charge in [-0.1, -0.05) is 0 Å². The number of hydrogen-bond acceptors (Lipinski definition) is 2. The fourth-order valence-electron chi connectivity index (χ4n) is 0.868. The molecule has 0 atom stereocenters. The highest BCUT2D eigenvalue weighted by molar-refractivity contribution is 9.10. The Kier molecular flexibility index (Phi) is 3.03. The van der Waals surface area contributed by atoms with Crippen molar-refractivity contribution in [2.75, 3.05) is 7.11 Å². The van der Waals surface area contributed by atoms with Crippen LogP contribution in [0.3, 0.4) is 0 Å². The van der Waals surface area contributed by atoms with Crippen LogP contribution in [0.5, 0.6) is 5.88 Å². The molecule has 0 spiro atoms. The predicted octanol–water partition coefficient (Wildman–Crippen LogP) is 2.63. The Morgan fingerprint density at radius 1 is 1.67 bits per heavy atom. The Morgan fingerprint density at radius 2 is 2.33 bits per heavy atom. The summed E-state index contributed by atoms with van der Waals surface area (Å²) in [5.74, 6) is 0.490. The van der Waals surface area contributed by atoms with E-state index in [0.29, 0.717) is 11.4 Å². The molecule has 66 valence electrons. The van der Waals surface area contributed by atoms with Crippen molar-refractivity contribution in [1.29, 1.82) is 0 Å². The first-order chi connectivity index (χ1) is 5.70. The van der Waals surface area contributed by atoms with E-state index in [2.05, 4.69) is 20.9 Å². The molecule has 0 aromatic carbocycles. The van der Waals surface area contributed by atoms with E-state index in [1.54, 1.807) is 0 Å². The third-order valence-corrected chi connectivity index (χ3v) is 2.61. The maximum Gasteiger partial charge on any atom is 0.227 e.